The summed E-state index contributed by atoms with van der Waals surface area (Å²) in [6.07, 6.45) is 0. The first-order valence-corrected chi connectivity index (χ1v) is 6.35. The van der Waals surface area contributed by atoms with Gasteiger partial charge in [0.05, 0.1) is 12.6 Å². The summed E-state index contributed by atoms with van der Waals surface area (Å²) in [5.41, 5.74) is 2.16. The summed E-state index contributed by atoms with van der Waals surface area (Å²) in [6, 6.07) is 19.9. The van der Waals surface area contributed by atoms with Crippen molar-refractivity contribution in [3.63, 3.8) is 0 Å². The van der Waals surface area contributed by atoms with Gasteiger partial charge in [0, 0.05) is 0 Å². The first-order chi connectivity index (χ1) is 9.31. The molecular weight excluding hydrogens is 272 g/mol. The van der Waals surface area contributed by atoms with Gasteiger partial charge in [0.25, 0.3) is 0 Å². The Hall–Kier alpha value is -1.84. The Morgan fingerprint density at radius 1 is 0.950 bits per heavy atom. The highest BCUT2D eigenvalue weighted by Crippen LogP contribution is 2.21. The fourth-order valence-electron chi connectivity index (χ4n) is 2.02. The number of nitrogens with one attached hydrogen (secondary N) is 2. The highest BCUT2D eigenvalue weighted by atomic mass is 35.5. The zero-order valence-electron chi connectivity index (χ0n) is 11.4. The van der Waals surface area contributed by atoms with Crippen molar-refractivity contribution in [2.75, 3.05) is 13.6 Å². The maximum absolute atomic E-state index is 11.8. The number of carbonyl (C=O) groups is 1. The van der Waals surface area contributed by atoms with Crippen molar-refractivity contribution in [3.05, 3.63) is 71.8 Å². The standard InChI is InChI=1S/C16H18N2O.ClH/c1-17-12-15(19)18-16(13-8-4-2-5-9-13)14-10-6-3-7-11-14;/h2-11,16-17H,12H2,1H3,(H,18,19);1H. The quantitative estimate of drug-likeness (QED) is 0.888. The van der Waals surface area contributed by atoms with Gasteiger partial charge in [-0.2, -0.15) is 0 Å². The minimum absolute atomic E-state index is 0. The van der Waals surface area contributed by atoms with Crippen LogP contribution in [-0.2, 0) is 4.79 Å². The predicted octanol–water partition coefficient (Wildman–Crippen LogP) is 2.53. The molecule has 106 valence electrons. The van der Waals surface area contributed by atoms with E-state index in [0.29, 0.717) is 6.54 Å². The summed E-state index contributed by atoms with van der Waals surface area (Å²) in [4.78, 5) is 11.8. The van der Waals surface area contributed by atoms with Crippen molar-refractivity contribution in [2.45, 2.75) is 6.04 Å². The number of rotatable bonds is 5. The minimum atomic E-state index is -0.108. The van der Waals surface area contributed by atoms with Gasteiger partial charge in [-0.1, -0.05) is 60.7 Å². The van der Waals surface area contributed by atoms with Gasteiger partial charge < -0.3 is 10.6 Å². The largest absolute Gasteiger partial charge is 0.344 e. The lowest BCUT2D eigenvalue weighted by atomic mass is 9.99. The Morgan fingerprint density at radius 2 is 1.40 bits per heavy atom. The SMILES string of the molecule is CNCC(=O)NC(c1ccccc1)c1ccccc1.Cl. The highest BCUT2D eigenvalue weighted by Gasteiger charge is 2.15. The molecule has 0 aliphatic rings. The van der Waals surface area contributed by atoms with E-state index in [1.54, 1.807) is 7.05 Å². The molecule has 0 bridgehead atoms. The third kappa shape index (κ3) is 4.37. The number of hydrogen-bond donors (Lipinski definition) is 2. The zero-order chi connectivity index (χ0) is 13.5. The Balaban J connectivity index is 0.00000200. The molecule has 0 aromatic heterocycles. The van der Waals surface area contributed by atoms with Crippen LogP contribution in [-0.4, -0.2) is 19.5 Å². The average Bonchev–Trinajstić information content (AvgIpc) is 2.47. The van der Waals surface area contributed by atoms with E-state index in [2.05, 4.69) is 10.6 Å². The molecule has 0 saturated heterocycles. The van der Waals surface area contributed by atoms with E-state index >= 15 is 0 Å². The third-order valence-electron chi connectivity index (χ3n) is 2.91. The third-order valence-corrected chi connectivity index (χ3v) is 2.91. The summed E-state index contributed by atoms with van der Waals surface area (Å²) in [6.45, 7) is 0.316. The Bertz CT molecular complexity index is 477. The number of amides is 1. The Morgan fingerprint density at radius 3 is 1.80 bits per heavy atom. The molecule has 0 atom stereocenters. The molecule has 2 N–H and O–H groups in total. The van der Waals surface area contributed by atoms with Crippen LogP contribution in [0, 0.1) is 0 Å². The van der Waals surface area contributed by atoms with Crippen molar-refractivity contribution in [3.8, 4) is 0 Å². The molecule has 2 aromatic rings. The first-order valence-electron chi connectivity index (χ1n) is 6.35. The Labute approximate surface area is 125 Å². The van der Waals surface area contributed by atoms with E-state index in [4.69, 9.17) is 0 Å². The molecule has 4 heteroatoms. The molecule has 0 spiro atoms. The lowest BCUT2D eigenvalue weighted by molar-refractivity contribution is -0.120. The average molecular weight is 291 g/mol. The van der Waals surface area contributed by atoms with Gasteiger partial charge in [0.2, 0.25) is 5.91 Å². The molecule has 0 radical (unpaired) electrons. The van der Waals surface area contributed by atoms with Gasteiger partial charge in [-0.25, -0.2) is 0 Å². The van der Waals surface area contributed by atoms with Crippen LogP contribution >= 0.6 is 12.4 Å². The normalized spacial score (nSPS) is 9.90. The summed E-state index contributed by atoms with van der Waals surface area (Å²) in [5.74, 6) is -0.0137. The van der Waals surface area contributed by atoms with Gasteiger partial charge >= 0.3 is 0 Å². The second kappa shape index (κ2) is 8.35. The van der Waals surface area contributed by atoms with Crippen molar-refractivity contribution in [1.82, 2.24) is 10.6 Å². The minimum Gasteiger partial charge on any atom is -0.344 e. The topological polar surface area (TPSA) is 41.1 Å². The van der Waals surface area contributed by atoms with Crippen LogP contribution in [0.15, 0.2) is 60.7 Å². The van der Waals surface area contributed by atoms with Crippen molar-refractivity contribution in [2.24, 2.45) is 0 Å². The maximum atomic E-state index is 11.8. The molecule has 1 amide bonds. The van der Waals surface area contributed by atoms with E-state index in [9.17, 15) is 4.79 Å². The summed E-state index contributed by atoms with van der Waals surface area (Å²) >= 11 is 0. The van der Waals surface area contributed by atoms with E-state index in [0.717, 1.165) is 11.1 Å². The van der Waals surface area contributed by atoms with Gasteiger partial charge in [-0.3, -0.25) is 4.79 Å². The molecule has 0 heterocycles. The number of hydrogen-bond acceptors (Lipinski definition) is 2. The lowest BCUT2D eigenvalue weighted by Crippen LogP contribution is -2.35. The molecule has 20 heavy (non-hydrogen) atoms. The van der Waals surface area contributed by atoms with Crippen molar-refractivity contribution in [1.29, 1.82) is 0 Å². The number of carbonyl (C=O) groups excluding carboxylic acids is 1. The van der Waals surface area contributed by atoms with Crippen LogP contribution in [0.1, 0.15) is 17.2 Å². The second-order valence-corrected chi connectivity index (χ2v) is 4.35. The molecule has 3 nitrogen and oxygen atoms in total. The number of halogens is 1. The smallest absolute Gasteiger partial charge is 0.234 e. The molecule has 0 saturated carbocycles. The van der Waals surface area contributed by atoms with Crippen molar-refractivity contribution < 1.29 is 4.79 Å². The van der Waals surface area contributed by atoms with E-state index in [-0.39, 0.29) is 24.4 Å². The molecule has 0 aliphatic carbocycles. The van der Waals surface area contributed by atoms with Crippen LogP contribution in [0.5, 0.6) is 0 Å². The number of likely N-dealkylation sites (N-methyl/N-ethyl adjacent to an activating group) is 1. The molecule has 0 fully saturated rings. The monoisotopic (exact) mass is 290 g/mol. The van der Waals surface area contributed by atoms with E-state index < -0.39 is 0 Å². The van der Waals surface area contributed by atoms with E-state index in [1.807, 2.05) is 60.7 Å². The van der Waals surface area contributed by atoms with Crippen molar-refractivity contribution >= 4 is 18.3 Å². The summed E-state index contributed by atoms with van der Waals surface area (Å²) in [7, 11) is 1.76. The molecule has 0 aliphatic heterocycles. The van der Waals surface area contributed by atoms with Crippen LogP contribution in [0.3, 0.4) is 0 Å². The molecule has 2 rings (SSSR count). The zero-order valence-corrected chi connectivity index (χ0v) is 12.2. The van der Waals surface area contributed by atoms with Gasteiger partial charge in [-0.05, 0) is 18.2 Å². The summed E-state index contributed by atoms with van der Waals surface area (Å²) in [5, 5.41) is 5.91. The molecule has 2 aromatic carbocycles. The molecular formula is C16H19ClN2O. The fraction of sp³-hybridized carbons (Fsp3) is 0.188. The Kier molecular flexibility index (Phi) is 6.77. The lowest BCUT2D eigenvalue weighted by Gasteiger charge is -2.19. The maximum Gasteiger partial charge on any atom is 0.234 e. The summed E-state index contributed by atoms with van der Waals surface area (Å²) < 4.78 is 0. The highest BCUT2D eigenvalue weighted by molar-refractivity contribution is 5.85. The van der Waals surface area contributed by atoms with Gasteiger partial charge in [0.1, 0.15) is 0 Å². The van der Waals surface area contributed by atoms with Crippen LogP contribution < -0.4 is 10.6 Å². The predicted molar refractivity (Wildman–Crippen MR) is 84.0 cm³/mol. The second-order valence-electron chi connectivity index (χ2n) is 4.35. The van der Waals surface area contributed by atoms with Crippen LogP contribution in [0.2, 0.25) is 0 Å². The molecule has 0 unspecified atom stereocenters. The van der Waals surface area contributed by atoms with Gasteiger partial charge in [-0.15, -0.1) is 12.4 Å². The first kappa shape index (κ1) is 16.2. The van der Waals surface area contributed by atoms with Crippen LogP contribution in [0.25, 0.3) is 0 Å². The van der Waals surface area contributed by atoms with Crippen LogP contribution in [0.4, 0.5) is 0 Å². The van der Waals surface area contributed by atoms with Gasteiger partial charge in [0.15, 0.2) is 0 Å². The number of benzene rings is 2. The fourth-order valence-corrected chi connectivity index (χ4v) is 2.02. The van der Waals surface area contributed by atoms with E-state index in [1.165, 1.54) is 0 Å².